The standard InChI is InChI=1S/C17H14N4OS/c22-15(13-9-23-16-4-2-1-3-11(13)16)8-19-17-12-5-6-18-7-14(12)20-10-21-17/h1-7,9-10,15,22H,8H2,(H,19,20,21). The van der Waals surface area contributed by atoms with Gasteiger partial charge in [-0.1, -0.05) is 18.2 Å². The summed E-state index contributed by atoms with van der Waals surface area (Å²) in [5, 5.41) is 17.8. The van der Waals surface area contributed by atoms with Gasteiger partial charge in [-0.2, -0.15) is 0 Å². The van der Waals surface area contributed by atoms with Crippen LogP contribution in [0.5, 0.6) is 0 Å². The zero-order chi connectivity index (χ0) is 15.6. The van der Waals surface area contributed by atoms with Gasteiger partial charge in [-0.25, -0.2) is 9.97 Å². The van der Waals surface area contributed by atoms with E-state index in [9.17, 15) is 5.11 Å². The Hall–Kier alpha value is -2.57. The molecule has 4 aromatic rings. The van der Waals surface area contributed by atoms with Crippen molar-refractivity contribution in [2.45, 2.75) is 6.10 Å². The lowest BCUT2D eigenvalue weighted by Crippen LogP contribution is -2.13. The first-order chi connectivity index (χ1) is 11.3. The Balaban J connectivity index is 1.58. The summed E-state index contributed by atoms with van der Waals surface area (Å²) in [6, 6.07) is 9.96. The molecule has 5 nitrogen and oxygen atoms in total. The molecule has 0 aliphatic rings. The minimum atomic E-state index is -0.599. The number of nitrogens with zero attached hydrogens (tertiary/aromatic N) is 3. The number of pyridine rings is 1. The highest BCUT2D eigenvalue weighted by atomic mass is 32.1. The van der Waals surface area contributed by atoms with Crippen LogP contribution in [0.4, 0.5) is 5.82 Å². The summed E-state index contributed by atoms with van der Waals surface area (Å²) in [4.78, 5) is 12.5. The summed E-state index contributed by atoms with van der Waals surface area (Å²) in [5.74, 6) is 0.705. The first kappa shape index (κ1) is 14.0. The molecule has 4 rings (SSSR count). The van der Waals surface area contributed by atoms with Crippen molar-refractivity contribution in [1.82, 2.24) is 15.0 Å². The molecule has 3 heterocycles. The predicted molar refractivity (Wildman–Crippen MR) is 92.6 cm³/mol. The van der Waals surface area contributed by atoms with Gasteiger partial charge in [0.2, 0.25) is 0 Å². The van der Waals surface area contributed by atoms with E-state index in [-0.39, 0.29) is 0 Å². The minimum absolute atomic E-state index is 0.384. The van der Waals surface area contributed by atoms with E-state index in [1.165, 1.54) is 11.0 Å². The van der Waals surface area contributed by atoms with E-state index in [0.717, 1.165) is 21.9 Å². The summed E-state index contributed by atoms with van der Waals surface area (Å²) in [6.45, 7) is 0.384. The van der Waals surface area contributed by atoms with Gasteiger partial charge in [-0.05, 0) is 22.9 Å². The number of aromatic nitrogens is 3. The number of rotatable bonds is 4. The van der Waals surface area contributed by atoms with Crippen LogP contribution in [-0.2, 0) is 0 Å². The molecule has 0 saturated heterocycles. The number of hydrogen-bond acceptors (Lipinski definition) is 6. The molecule has 0 aliphatic heterocycles. The Bertz CT molecular complexity index is 964. The van der Waals surface area contributed by atoms with Crippen molar-refractivity contribution in [2.24, 2.45) is 0 Å². The quantitative estimate of drug-likeness (QED) is 0.603. The van der Waals surface area contributed by atoms with Gasteiger partial charge in [0, 0.05) is 28.4 Å². The number of aliphatic hydroxyl groups excluding tert-OH is 1. The smallest absolute Gasteiger partial charge is 0.137 e. The van der Waals surface area contributed by atoms with Crippen LogP contribution in [0.15, 0.2) is 54.4 Å². The molecular weight excluding hydrogens is 308 g/mol. The van der Waals surface area contributed by atoms with E-state index in [2.05, 4.69) is 26.3 Å². The van der Waals surface area contributed by atoms with Gasteiger partial charge < -0.3 is 10.4 Å². The summed E-state index contributed by atoms with van der Waals surface area (Å²) < 4.78 is 1.18. The number of fused-ring (bicyclic) bond motifs is 2. The third-order valence-electron chi connectivity index (χ3n) is 3.77. The van der Waals surface area contributed by atoms with Crippen LogP contribution in [0, 0.1) is 0 Å². The van der Waals surface area contributed by atoms with Crippen LogP contribution in [-0.4, -0.2) is 26.6 Å². The van der Waals surface area contributed by atoms with E-state index in [0.29, 0.717) is 12.4 Å². The molecule has 1 aromatic carbocycles. The second kappa shape index (κ2) is 5.91. The fraction of sp³-hybridized carbons (Fsp3) is 0.118. The molecule has 2 N–H and O–H groups in total. The maximum Gasteiger partial charge on any atom is 0.137 e. The monoisotopic (exact) mass is 322 g/mol. The molecule has 23 heavy (non-hydrogen) atoms. The van der Waals surface area contributed by atoms with Gasteiger partial charge in [0.05, 0.1) is 17.8 Å². The summed E-state index contributed by atoms with van der Waals surface area (Å²) in [5.41, 5.74) is 1.72. The van der Waals surface area contributed by atoms with Crippen LogP contribution >= 0.6 is 11.3 Å². The fourth-order valence-corrected chi connectivity index (χ4v) is 3.62. The third-order valence-corrected chi connectivity index (χ3v) is 4.75. The summed E-state index contributed by atoms with van der Waals surface area (Å²) in [7, 11) is 0. The molecular formula is C17H14N4OS. The van der Waals surface area contributed by atoms with Crippen molar-refractivity contribution >= 4 is 38.1 Å². The topological polar surface area (TPSA) is 70.9 Å². The van der Waals surface area contributed by atoms with Gasteiger partial charge in [0.25, 0.3) is 0 Å². The molecule has 6 heteroatoms. The first-order valence-corrected chi connectivity index (χ1v) is 8.13. The SMILES string of the molecule is OC(CNc1ncnc2cnccc12)c1csc2ccccc12. The molecule has 0 radical (unpaired) electrons. The van der Waals surface area contributed by atoms with E-state index in [4.69, 9.17) is 0 Å². The van der Waals surface area contributed by atoms with E-state index in [1.807, 2.05) is 29.6 Å². The second-order valence-electron chi connectivity index (χ2n) is 5.20. The molecule has 3 aromatic heterocycles. The largest absolute Gasteiger partial charge is 0.387 e. The summed E-state index contributed by atoms with van der Waals surface area (Å²) >= 11 is 1.64. The molecule has 0 bridgehead atoms. The number of benzene rings is 1. The molecule has 0 saturated carbocycles. The lowest BCUT2D eigenvalue weighted by atomic mass is 10.1. The number of aliphatic hydroxyl groups is 1. The van der Waals surface area contributed by atoms with Gasteiger partial charge >= 0.3 is 0 Å². The molecule has 0 amide bonds. The number of thiophene rings is 1. The van der Waals surface area contributed by atoms with Gasteiger partial charge in [-0.15, -0.1) is 11.3 Å². The van der Waals surface area contributed by atoms with Crippen LogP contribution < -0.4 is 5.32 Å². The molecule has 1 atom stereocenters. The zero-order valence-corrected chi connectivity index (χ0v) is 13.0. The Morgan fingerprint density at radius 2 is 2.04 bits per heavy atom. The first-order valence-electron chi connectivity index (χ1n) is 7.26. The lowest BCUT2D eigenvalue weighted by molar-refractivity contribution is 0.193. The highest BCUT2D eigenvalue weighted by molar-refractivity contribution is 7.17. The molecule has 0 aliphatic carbocycles. The van der Waals surface area contributed by atoms with Crippen molar-refractivity contribution in [3.63, 3.8) is 0 Å². The van der Waals surface area contributed by atoms with Crippen LogP contribution in [0.2, 0.25) is 0 Å². The lowest BCUT2D eigenvalue weighted by Gasteiger charge is -2.13. The number of anilines is 1. The average molecular weight is 322 g/mol. The van der Waals surface area contributed by atoms with Gasteiger partial charge in [-0.3, -0.25) is 4.98 Å². The fourth-order valence-electron chi connectivity index (χ4n) is 2.61. The molecule has 0 spiro atoms. The van der Waals surface area contributed by atoms with Crippen molar-refractivity contribution in [1.29, 1.82) is 0 Å². The Labute approximate surface area is 136 Å². The normalized spacial score (nSPS) is 12.6. The highest BCUT2D eigenvalue weighted by Gasteiger charge is 2.13. The van der Waals surface area contributed by atoms with Crippen LogP contribution in [0.25, 0.3) is 21.0 Å². The van der Waals surface area contributed by atoms with E-state index >= 15 is 0 Å². The number of hydrogen-bond donors (Lipinski definition) is 2. The maximum absolute atomic E-state index is 10.5. The van der Waals surface area contributed by atoms with E-state index in [1.54, 1.807) is 23.7 Å². The van der Waals surface area contributed by atoms with Crippen molar-refractivity contribution in [3.8, 4) is 0 Å². The van der Waals surface area contributed by atoms with Crippen molar-refractivity contribution < 1.29 is 5.11 Å². The Morgan fingerprint density at radius 1 is 1.13 bits per heavy atom. The Kier molecular flexibility index (Phi) is 3.61. The summed E-state index contributed by atoms with van der Waals surface area (Å²) in [6.07, 6.45) is 4.31. The predicted octanol–water partition coefficient (Wildman–Crippen LogP) is 3.39. The van der Waals surface area contributed by atoms with Crippen molar-refractivity contribution in [3.05, 3.63) is 60.0 Å². The molecule has 0 fully saturated rings. The van der Waals surface area contributed by atoms with Crippen LogP contribution in [0.3, 0.4) is 0 Å². The minimum Gasteiger partial charge on any atom is -0.387 e. The molecule has 1 unspecified atom stereocenters. The Morgan fingerprint density at radius 3 is 3.00 bits per heavy atom. The highest BCUT2D eigenvalue weighted by Crippen LogP contribution is 2.30. The average Bonchev–Trinajstić information content (AvgIpc) is 3.04. The zero-order valence-electron chi connectivity index (χ0n) is 12.2. The van der Waals surface area contributed by atoms with Gasteiger partial charge in [0.1, 0.15) is 12.1 Å². The maximum atomic E-state index is 10.5. The molecule has 114 valence electrons. The second-order valence-corrected chi connectivity index (χ2v) is 6.11. The van der Waals surface area contributed by atoms with Crippen molar-refractivity contribution in [2.75, 3.05) is 11.9 Å². The van der Waals surface area contributed by atoms with Crippen LogP contribution in [0.1, 0.15) is 11.7 Å². The number of nitrogens with one attached hydrogen (secondary N) is 1. The van der Waals surface area contributed by atoms with Gasteiger partial charge in [0.15, 0.2) is 0 Å². The van der Waals surface area contributed by atoms with E-state index < -0.39 is 6.10 Å². The third kappa shape index (κ3) is 2.62.